The van der Waals surface area contributed by atoms with Gasteiger partial charge >= 0.3 is 25.7 Å². The summed E-state index contributed by atoms with van der Waals surface area (Å²) in [4.78, 5) is 34.9. The van der Waals surface area contributed by atoms with Crippen molar-refractivity contribution in [3.8, 4) is 0 Å². The first-order valence-electron chi connectivity index (χ1n) is 12.0. The Hall–Kier alpha value is -3.15. The van der Waals surface area contributed by atoms with Crippen LogP contribution in [0.4, 0.5) is 4.39 Å². The van der Waals surface area contributed by atoms with E-state index in [9.17, 15) is 18.9 Å². The van der Waals surface area contributed by atoms with E-state index in [-0.39, 0.29) is 13.2 Å². The van der Waals surface area contributed by atoms with E-state index in [2.05, 4.69) is 0 Å². The standard InChI is InChI=1S/C26H30FO11P/c1-17(28)35-24-22(38-26(37-19(3)30)25(23(24)27)36-18(2)29)16-34-39(31,32-14-20-10-6-4-7-11-20)33-15-21-12-8-5-9-13-21/h4-13,22-26H,14-16H2,1-3H3/t22-,23+,24-,25+,26?/m1/s1. The molecule has 3 rings (SSSR count). The molecule has 1 unspecified atom stereocenters. The second-order valence-electron chi connectivity index (χ2n) is 8.51. The van der Waals surface area contributed by atoms with Gasteiger partial charge in [-0.2, -0.15) is 0 Å². The van der Waals surface area contributed by atoms with Crippen LogP contribution in [-0.2, 0) is 64.7 Å². The van der Waals surface area contributed by atoms with Gasteiger partial charge in [-0.05, 0) is 11.1 Å². The molecule has 212 valence electrons. The van der Waals surface area contributed by atoms with Gasteiger partial charge in [0, 0.05) is 20.8 Å². The first-order valence-corrected chi connectivity index (χ1v) is 13.4. The minimum Gasteiger partial charge on any atom is -0.456 e. The third kappa shape index (κ3) is 9.52. The summed E-state index contributed by atoms with van der Waals surface area (Å²) in [6.07, 6.45) is -8.73. The second kappa shape index (κ2) is 14.3. The number of phosphoric ester groups is 1. The van der Waals surface area contributed by atoms with Crippen LogP contribution in [0.25, 0.3) is 0 Å². The predicted molar refractivity (Wildman–Crippen MR) is 132 cm³/mol. The highest BCUT2D eigenvalue weighted by atomic mass is 31.2. The molecular weight excluding hydrogens is 538 g/mol. The van der Waals surface area contributed by atoms with Crippen LogP contribution >= 0.6 is 7.82 Å². The predicted octanol–water partition coefficient (Wildman–Crippen LogP) is 4.03. The first kappa shape index (κ1) is 30.4. The molecule has 2 aromatic carbocycles. The highest BCUT2D eigenvalue weighted by molar-refractivity contribution is 7.48. The second-order valence-corrected chi connectivity index (χ2v) is 10.2. The topological polar surface area (TPSA) is 133 Å². The molecule has 1 aliphatic heterocycles. The Morgan fingerprint density at radius 2 is 1.21 bits per heavy atom. The summed E-state index contributed by atoms with van der Waals surface area (Å²) in [6, 6.07) is 17.7. The van der Waals surface area contributed by atoms with Crippen LogP contribution in [0.1, 0.15) is 31.9 Å². The van der Waals surface area contributed by atoms with Gasteiger partial charge < -0.3 is 18.9 Å². The number of ether oxygens (including phenoxy) is 4. The van der Waals surface area contributed by atoms with Gasteiger partial charge in [-0.25, -0.2) is 8.96 Å². The molecule has 1 saturated heterocycles. The van der Waals surface area contributed by atoms with Crippen molar-refractivity contribution >= 4 is 25.7 Å². The molecule has 0 saturated carbocycles. The summed E-state index contributed by atoms with van der Waals surface area (Å²) in [6.45, 7) is 2.18. The molecule has 0 bridgehead atoms. The lowest BCUT2D eigenvalue weighted by Gasteiger charge is -2.41. The molecule has 13 heteroatoms. The van der Waals surface area contributed by atoms with Crippen molar-refractivity contribution in [1.82, 2.24) is 0 Å². The Balaban J connectivity index is 1.80. The monoisotopic (exact) mass is 568 g/mol. The Labute approximate surface area is 225 Å². The number of hydrogen-bond acceptors (Lipinski definition) is 11. The Bertz CT molecular complexity index is 1100. The highest BCUT2D eigenvalue weighted by Gasteiger charge is 2.52. The molecule has 5 atom stereocenters. The van der Waals surface area contributed by atoms with E-state index in [0.29, 0.717) is 11.1 Å². The van der Waals surface area contributed by atoms with E-state index in [0.717, 1.165) is 20.8 Å². The van der Waals surface area contributed by atoms with Gasteiger partial charge in [0.2, 0.25) is 6.29 Å². The van der Waals surface area contributed by atoms with Crippen LogP contribution in [0.3, 0.4) is 0 Å². The van der Waals surface area contributed by atoms with Crippen LogP contribution < -0.4 is 0 Å². The van der Waals surface area contributed by atoms with Crippen molar-refractivity contribution in [3.05, 3.63) is 71.8 Å². The number of esters is 3. The van der Waals surface area contributed by atoms with Crippen molar-refractivity contribution in [3.63, 3.8) is 0 Å². The molecule has 0 radical (unpaired) electrons. The Kier molecular flexibility index (Phi) is 11.1. The summed E-state index contributed by atoms with van der Waals surface area (Å²) < 4.78 is 66.4. The number of alkyl halides is 1. The van der Waals surface area contributed by atoms with Gasteiger partial charge in [-0.3, -0.25) is 28.0 Å². The van der Waals surface area contributed by atoms with Crippen LogP contribution in [0.15, 0.2) is 60.7 Å². The summed E-state index contributed by atoms with van der Waals surface area (Å²) in [5, 5.41) is 0. The molecule has 2 aromatic rings. The number of hydrogen-bond donors (Lipinski definition) is 0. The molecule has 11 nitrogen and oxygen atoms in total. The largest absolute Gasteiger partial charge is 0.475 e. The average Bonchev–Trinajstić information content (AvgIpc) is 2.90. The third-order valence-electron chi connectivity index (χ3n) is 5.32. The smallest absolute Gasteiger partial charge is 0.456 e. The maximum Gasteiger partial charge on any atom is 0.475 e. The van der Waals surface area contributed by atoms with E-state index >= 15 is 4.39 Å². The molecule has 0 N–H and O–H groups in total. The third-order valence-corrected chi connectivity index (χ3v) is 6.67. The molecule has 1 heterocycles. The van der Waals surface area contributed by atoms with Crippen LogP contribution in [0.5, 0.6) is 0 Å². The molecule has 1 aliphatic rings. The van der Waals surface area contributed by atoms with Gasteiger partial charge in [0.15, 0.2) is 18.4 Å². The SMILES string of the molecule is CC(=O)OC1O[C@H](COP(=O)(OCc2ccccc2)OCc2ccccc2)[C@@H](OC(C)=O)[C@H](F)[C@@H]1OC(C)=O. The van der Waals surface area contributed by atoms with Crippen molar-refractivity contribution < 1.29 is 55.9 Å². The maximum atomic E-state index is 15.5. The highest BCUT2D eigenvalue weighted by Crippen LogP contribution is 2.51. The minimum atomic E-state index is -4.32. The number of carbonyl (C=O) groups is 3. The zero-order valence-corrected chi connectivity index (χ0v) is 22.5. The van der Waals surface area contributed by atoms with E-state index in [4.69, 9.17) is 32.5 Å². The number of phosphoric acid groups is 1. The normalized spacial score (nSPS) is 23.0. The zero-order chi connectivity index (χ0) is 28.4. The number of carbonyl (C=O) groups excluding carboxylic acids is 3. The summed E-state index contributed by atoms with van der Waals surface area (Å²) >= 11 is 0. The number of benzene rings is 2. The average molecular weight is 568 g/mol. The lowest BCUT2D eigenvalue weighted by molar-refractivity contribution is -0.287. The molecule has 1 fully saturated rings. The van der Waals surface area contributed by atoms with Crippen molar-refractivity contribution in [2.75, 3.05) is 6.61 Å². The quantitative estimate of drug-likeness (QED) is 0.209. The molecule has 0 spiro atoms. The zero-order valence-electron chi connectivity index (χ0n) is 21.6. The lowest BCUT2D eigenvalue weighted by atomic mass is 10.00. The van der Waals surface area contributed by atoms with Crippen LogP contribution in [0, 0.1) is 0 Å². The van der Waals surface area contributed by atoms with Gasteiger partial charge in [0.25, 0.3) is 0 Å². The fourth-order valence-corrected chi connectivity index (χ4v) is 4.81. The van der Waals surface area contributed by atoms with E-state index in [1.165, 1.54) is 0 Å². The minimum absolute atomic E-state index is 0.137. The van der Waals surface area contributed by atoms with Crippen LogP contribution in [0.2, 0.25) is 0 Å². The van der Waals surface area contributed by atoms with Crippen molar-refractivity contribution in [1.29, 1.82) is 0 Å². The molecule has 0 aromatic heterocycles. The van der Waals surface area contributed by atoms with Gasteiger partial charge in [-0.1, -0.05) is 60.7 Å². The number of halogens is 1. The van der Waals surface area contributed by atoms with E-state index in [1.807, 2.05) is 0 Å². The number of rotatable bonds is 12. The van der Waals surface area contributed by atoms with Gasteiger partial charge in [0.1, 0.15) is 6.10 Å². The van der Waals surface area contributed by atoms with Crippen molar-refractivity contribution in [2.24, 2.45) is 0 Å². The first-order chi connectivity index (χ1) is 18.6. The fraction of sp³-hybridized carbons (Fsp3) is 0.423. The van der Waals surface area contributed by atoms with E-state index < -0.39 is 63.1 Å². The summed E-state index contributed by atoms with van der Waals surface area (Å²) in [5.41, 5.74) is 1.36. The summed E-state index contributed by atoms with van der Waals surface area (Å²) in [5.74, 6) is -2.60. The maximum absolute atomic E-state index is 15.5. The molecular formula is C26H30FO11P. The van der Waals surface area contributed by atoms with Gasteiger partial charge in [-0.15, -0.1) is 0 Å². The Morgan fingerprint density at radius 1 is 0.744 bits per heavy atom. The lowest BCUT2D eigenvalue weighted by Crippen LogP contribution is -2.60. The van der Waals surface area contributed by atoms with E-state index in [1.54, 1.807) is 60.7 Å². The molecule has 39 heavy (non-hydrogen) atoms. The summed E-state index contributed by atoms with van der Waals surface area (Å²) in [7, 11) is -4.32. The fourth-order valence-electron chi connectivity index (χ4n) is 3.64. The Morgan fingerprint density at radius 3 is 1.67 bits per heavy atom. The van der Waals surface area contributed by atoms with Gasteiger partial charge in [0.05, 0.1) is 19.8 Å². The molecule has 0 aliphatic carbocycles. The van der Waals surface area contributed by atoms with Crippen LogP contribution in [-0.4, -0.2) is 55.3 Å². The van der Waals surface area contributed by atoms with Crippen molar-refractivity contribution in [2.45, 2.75) is 64.8 Å². The molecule has 0 amide bonds.